The minimum atomic E-state index is -3.58. The van der Waals surface area contributed by atoms with E-state index in [0.717, 1.165) is 25.1 Å². The molecule has 0 aliphatic rings. The van der Waals surface area contributed by atoms with Gasteiger partial charge in [-0.3, -0.25) is 0 Å². The summed E-state index contributed by atoms with van der Waals surface area (Å²) in [5, 5.41) is 8.35. The average Bonchev–Trinajstić information content (AvgIpc) is 2.28. The molecule has 0 saturated heterocycles. The third-order valence-electron chi connectivity index (χ3n) is 2.77. The van der Waals surface area contributed by atoms with Gasteiger partial charge in [-0.25, -0.2) is 13.6 Å². The Labute approximate surface area is 103 Å². The quantitative estimate of drug-likeness (QED) is 0.809. The molecule has 0 radical (unpaired) electrons. The lowest BCUT2D eigenvalue weighted by atomic mass is 10.1. The Bertz CT molecular complexity index is 440. The third kappa shape index (κ3) is 4.85. The average molecular weight is 256 g/mol. The number of nitrogens with one attached hydrogen (secondary N) is 1. The molecule has 0 aliphatic heterocycles. The predicted molar refractivity (Wildman–Crippen MR) is 69.0 cm³/mol. The maximum Gasteiger partial charge on any atom is 0.238 e. The van der Waals surface area contributed by atoms with Gasteiger partial charge < -0.3 is 5.32 Å². The highest BCUT2D eigenvalue weighted by Gasteiger charge is 2.06. The van der Waals surface area contributed by atoms with Crippen molar-refractivity contribution in [1.29, 1.82) is 0 Å². The molecule has 0 saturated carbocycles. The Balaban J connectivity index is 2.52. The lowest BCUT2D eigenvalue weighted by Crippen LogP contribution is -2.20. The van der Waals surface area contributed by atoms with Gasteiger partial charge in [0.25, 0.3) is 0 Å². The molecule has 0 fully saturated rings. The Morgan fingerprint density at radius 3 is 2.35 bits per heavy atom. The summed E-state index contributed by atoms with van der Waals surface area (Å²) in [6, 6.07) is 6.64. The van der Waals surface area contributed by atoms with Crippen molar-refractivity contribution in [3.63, 3.8) is 0 Å². The molecule has 1 aromatic carbocycles. The SMILES string of the molecule is CCC(C)CNCc1ccc(S(N)(=O)=O)cc1. The van der Waals surface area contributed by atoms with Gasteiger partial charge in [0, 0.05) is 6.54 Å². The van der Waals surface area contributed by atoms with Crippen LogP contribution in [0.4, 0.5) is 0 Å². The fraction of sp³-hybridized carbons (Fsp3) is 0.500. The molecule has 17 heavy (non-hydrogen) atoms. The fourth-order valence-electron chi connectivity index (χ4n) is 1.40. The second-order valence-electron chi connectivity index (χ2n) is 4.33. The van der Waals surface area contributed by atoms with Crippen LogP contribution in [0.1, 0.15) is 25.8 Å². The molecule has 1 atom stereocenters. The van der Waals surface area contributed by atoms with E-state index in [1.165, 1.54) is 12.1 Å². The van der Waals surface area contributed by atoms with E-state index in [1.54, 1.807) is 12.1 Å². The summed E-state index contributed by atoms with van der Waals surface area (Å²) in [5.41, 5.74) is 1.06. The van der Waals surface area contributed by atoms with Gasteiger partial charge in [-0.1, -0.05) is 32.4 Å². The first-order valence-electron chi connectivity index (χ1n) is 5.76. The highest BCUT2D eigenvalue weighted by molar-refractivity contribution is 7.89. The van der Waals surface area contributed by atoms with Crippen molar-refractivity contribution in [2.75, 3.05) is 6.54 Å². The first kappa shape index (κ1) is 14.2. The van der Waals surface area contributed by atoms with E-state index in [4.69, 9.17) is 5.14 Å². The number of hydrogen-bond acceptors (Lipinski definition) is 3. The fourth-order valence-corrected chi connectivity index (χ4v) is 1.92. The van der Waals surface area contributed by atoms with Crippen LogP contribution in [0.5, 0.6) is 0 Å². The highest BCUT2D eigenvalue weighted by Crippen LogP contribution is 2.08. The number of rotatable bonds is 6. The molecule has 0 bridgehead atoms. The van der Waals surface area contributed by atoms with Crippen molar-refractivity contribution < 1.29 is 8.42 Å². The summed E-state index contributed by atoms with van der Waals surface area (Å²) in [7, 11) is -3.58. The van der Waals surface area contributed by atoms with E-state index in [1.807, 2.05) is 0 Å². The summed E-state index contributed by atoms with van der Waals surface area (Å²) < 4.78 is 22.1. The lowest BCUT2D eigenvalue weighted by Gasteiger charge is -2.10. The van der Waals surface area contributed by atoms with Gasteiger partial charge in [0.1, 0.15) is 0 Å². The monoisotopic (exact) mass is 256 g/mol. The van der Waals surface area contributed by atoms with E-state index in [2.05, 4.69) is 19.2 Å². The lowest BCUT2D eigenvalue weighted by molar-refractivity contribution is 0.500. The predicted octanol–water partition coefficient (Wildman–Crippen LogP) is 1.47. The van der Waals surface area contributed by atoms with Gasteiger partial charge in [-0.2, -0.15) is 0 Å². The van der Waals surface area contributed by atoms with Gasteiger partial charge in [0.15, 0.2) is 0 Å². The maximum atomic E-state index is 11.0. The molecule has 1 unspecified atom stereocenters. The summed E-state index contributed by atoms with van der Waals surface area (Å²) in [6.45, 7) is 6.06. The maximum absolute atomic E-state index is 11.0. The van der Waals surface area contributed by atoms with E-state index >= 15 is 0 Å². The van der Waals surface area contributed by atoms with Crippen LogP contribution in [0, 0.1) is 5.92 Å². The molecule has 1 aromatic rings. The van der Waals surface area contributed by atoms with Crippen LogP contribution in [0.15, 0.2) is 29.2 Å². The van der Waals surface area contributed by atoms with Crippen molar-refractivity contribution in [3.8, 4) is 0 Å². The molecule has 0 amide bonds. The standard InChI is InChI=1S/C12H20N2O2S/c1-3-10(2)8-14-9-11-4-6-12(7-5-11)17(13,15)16/h4-7,10,14H,3,8-9H2,1-2H3,(H2,13,15,16). The smallest absolute Gasteiger partial charge is 0.238 e. The van der Waals surface area contributed by atoms with Gasteiger partial charge >= 0.3 is 0 Å². The van der Waals surface area contributed by atoms with Crippen molar-refractivity contribution in [2.45, 2.75) is 31.7 Å². The number of benzene rings is 1. The van der Waals surface area contributed by atoms with Crippen LogP contribution in [0.3, 0.4) is 0 Å². The molecule has 0 aromatic heterocycles. The van der Waals surface area contributed by atoms with Crippen LogP contribution < -0.4 is 10.5 Å². The van der Waals surface area contributed by atoms with Crippen LogP contribution >= 0.6 is 0 Å². The summed E-state index contributed by atoms with van der Waals surface area (Å²) >= 11 is 0. The van der Waals surface area contributed by atoms with Crippen molar-refractivity contribution in [2.24, 2.45) is 11.1 Å². The normalized spacial score (nSPS) is 13.6. The second kappa shape index (κ2) is 6.14. The van der Waals surface area contributed by atoms with Crippen LogP contribution in [0.25, 0.3) is 0 Å². The van der Waals surface area contributed by atoms with E-state index < -0.39 is 10.0 Å². The van der Waals surface area contributed by atoms with Crippen LogP contribution in [-0.4, -0.2) is 15.0 Å². The molecule has 5 heteroatoms. The number of hydrogen-bond donors (Lipinski definition) is 2. The number of sulfonamides is 1. The zero-order valence-electron chi connectivity index (χ0n) is 10.3. The molecule has 0 heterocycles. The van der Waals surface area contributed by atoms with Crippen molar-refractivity contribution in [3.05, 3.63) is 29.8 Å². The Morgan fingerprint density at radius 1 is 1.29 bits per heavy atom. The van der Waals surface area contributed by atoms with E-state index in [9.17, 15) is 8.42 Å². The number of primary sulfonamides is 1. The molecular formula is C12H20N2O2S. The molecule has 0 aliphatic carbocycles. The first-order chi connectivity index (χ1) is 7.93. The zero-order valence-corrected chi connectivity index (χ0v) is 11.1. The largest absolute Gasteiger partial charge is 0.312 e. The Hall–Kier alpha value is -0.910. The Kier molecular flexibility index (Phi) is 5.11. The van der Waals surface area contributed by atoms with E-state index in [0.29, 0.717) is 5.92 Å². The van der Waals surface area contributed by atoms with Crippen LogP contribution in [-0.2, 0) is 16.6 Å². The molecule has 4 nitrogen and oxygen atoms in total. The zero-order chi connectivity index (χ0) is 12.9. The first-order valence-corrected chi connectivity index (χ1v) is 7.30. The molecule has 3 N–H and O–H groups in total. The minimum absolute atomic E-state index is 0.156. The molecule has 0 spiro atoms. The second-order valence-corrected chi connectivity index (χ2v) is 5.89. The molecular weight excluding hydrogens is 236 g/mol. The topological polar surface area (TPSA) is 72.2 Å². The highest BCUT2D eigenvalue weighted by atomic mass is 32.2. The molecule has 1 rings (SSSR count). The summed E-state index contributed by atoms with van der Waals surface area (Å²) in [6.07, 6.45) is 1.15. The summed E-state index contributed by atoms with van der Waals surface area (Å²) in [5.74, 6) is 0.652. The van der Waals surface area contributed by atoms with Crippen molar-refractivity contribution >= 4 is 10.0 Å². The van der Waals surface area contributed by atoms with Gasteiger partial charge in [-0.15, -0.1) is 0 Å². The van der Waals surface area contributed by atoms with Gasteiger partial charge in [0.05, 0.1) is 4.90 Å². The molecule has 96 valence electrons. The summed E-state index contributed by atoms with van der Waals surface area (Å²) in [4.78, 5) is 0.156. The van der Waals surface area contributed by atoms with Crippen molar-refractivity contribution in [1.82, 2.24) is 5.32 Å². The number of nitrogens with two attached hydrogens (primary N) is 1. The van der Waals surface area contributed by atoms with Crippen LogP contribution in [0.2, 0.25) is 0 Å². The van der Waals surface area contributed by atoms with Gasteiger partial charge in [-0.05, 0) is 30.2 Å². The third-order valence-corrected chi connectivity index (χ3v) is 3.70. The Morgan fingerprint density at radius 2 is 1.88 bits per heavy atom. The minimum Gasteiger partial charge on any atom is -0.312 e. The van der Waals surface area contributed by atoms with Gasteiger partial charge in [0.2, 0.25) is 10.0 Å². The van der Waals surface area contributed by atoms with E-state index in [-0.39, 0.29) is 4.90 Å².